The Bertz CT molecular complexity index is 1140. The molecule has 184 valence electrons. The van der Waals surface area contributed by atoms with Crippen molar-refractivity contribution in [2.24, 2.45) is 0 Å². The molecule has 2 amide bonds. The summed E-state index contributed by atoms with van der Waals surface area (Å²) in [6, 6.07) is 22.6. The van der Waals surface area contributed by atoms with E-state index in [0.717, 1.165) is 22.3 Å². The largest absolute Gasteiger partial charge is 0.355 e. The van der Waals surface area contributed by atoms with Gasteiger partial charge in [-0.15, -0.1) is 11.8 Å². The fraction of sp³-hybridized carbons (Fsp3) is 0.286. The second-order valence-corrected chi connectivity index (χ2v) is 10.2. The number of thioether (sulfide) groups is 1. The quantitative estimate of drug-likeness (QED) is 0.317. The maximum absolute atomic E-state index is 13.6. The van der Waals surface area contributed by atoms with Gasteiger partial charge < -0.3 is 10.2 Å². The number of carbonyl (C=O) groups is 2. The van der Waals surface area contributed by atoms with Crippen LogP contribution in [0.5, 0.6) is 0 Å². The summed E-state index contributed by atoms with van der Waals surface area (Å²) in [6.07, 6.45) is 0.442. The molecular weight excluding hydrogens is 499 g/mol. The molecule has 1 N–H and O–H groups in total. The van der Waals surface area contributed by atoms with Crippen LogP contribution in [-0.2, 0) is 28.3 Å². The summed E-state index contributed by atoms with van der Waals surface area (Å²) in [5.41, 5.74) is 4.03. The van der Waals surface area contributed by atoms with Crippen molar-refractivity contribution in [3.8, 4) is 0 Å². The van der Waals surface area contributed by atoms with Crippen molar-refractivity contribution in [3.63, 3.8) is 0 Å². The Labute approximate surface area is 222 Å². The molecule has 3 aromatic carbocycles. The molecule has 0 bridgehead atoms. The zero-order valence-electron chi connectivity index (χ0n) is 20.0. The molecule has 0 heterocycles. The van der Waals surface area contributed by atoms with Gasteiger partial charge in [-0.05, 0) is 42.7 Å². The summed E-state index contributed by atoms with van der Waals surface area (Å²) in [6.45, 7) is 4.76. The molecule has 3 rings (SSSR count). The Balaban J connectivity index is 1.83. The van der Waals surface area contributed by atoms with Gasteiger partial charge in [-0.2, -0.15) is 0 Å². The normalized spacial score (nSPS) is 11.7. The van der Waals surface area contributed by atoms with Crippen LogP contribution < -0.4 is 5.32 Å². The van der Waals surface area contributed by atoms with E-state index in [0.29, 0.717) is 35.3 Å². The fourth-order valence-corrected chi connectivity index (χ4v) is 5.29. The van der Waals surface area contributed by atoms with Crippen LogP contribution in [0.1, 0.15) is 29.2 Å². The number of benzene rings is 3. The molecule has 0 aliphatic carbocycles. The Morgan fingerprint density at radius 1 is 0.971 bits per heavy atom. The van der Waals surface area contributed by atoms with Crippen LogP contribution in [0.2, 0.25) is 10.0 Å². The first-order valence-electron chi connectivity index (χ1n) is 11.6. The van der Waals surface area contributed by atoms with E-state index in [9.17, 15) is 9.59 Å². The third-order valence-electron chi connectivity index (χ3n) is 5.56. The Kier molecular flexibility index (Phi) is 10.5. The first-order chi connectivity index (χ1) is 16.9. The van der Waals surface area contributed by atoms with Gasteiger partial charge in [0.2, 0.25) is 11.8 Å². The summed E-state index contributed by atoms with van der Waals surface area (Å²) in [4.78, 5) is 28.5. The third kappa shape index (κ3) is 8.31. The SMILES string of the molecule is CCNC(=O)C(Cc1ccccc1)N(Cc1cccc(C)c1)C(=O)CSCc1ccc(Cl)cc1Cl. The molecule has 0 fully saturated rings. The molecule has 0 radical (unpaired) electrons. The second-order valence-electron chi connectivity index (χ2n) is 8.34. The van der Waals surface area contributed by atoms with Gasteiger partial charge >= 0.3 is 0 Å². The van der Waals surface area contributed by atoms with E-state index >= 15 is 0 Å². The minimum atomic E-state index is -0.620. The number of carbonyl (C=O) groups excluding carboxylic acids is 2. The lowest BCUT2D eigenvalue weighted by molar-refractivity contribution is -0.139. The highest BCUT2D eigenvalue weighted by Crippen LogP contribution is 2.25. The standard InChI is InChI=1S/C28H30Cl2N2O2S/c1-3-31-28(34)26(15-21-9-5-4-6-10-21)32(17-22-11-7-8-20(2)14-22)27(33)19-35-18-23-12-13-24(29)16-25(23)30/h4-14,16,26H,3,15,17-19H2,1-2H3,(H,31,34). The lowest BCUT2D eigenvalue weighted by Crippen LogP contribution is -2.51. The topological polar surface area (TPSA) is 49.4 Å². The minimum Gasteiger partial charge on any atom is -0.355 e. The average Bonchev–Trinajstić information content (AvgIpc) is 2.83. The Morgan fingerprint density at radius 3 is 2.40 bits per heavy atom. The average molecular weight is 530 g/mol. The Morgan fingerprint density at radius 2 is 1.71 bits per heavy atom. The van der Waals surface area contributed by atoms with Gasteiger partial charge in [0.15, 0.2) is 0 Å². The van der Waals surface area contributed by atoms with Gasteiger partial charge in [-0.3, -0.25) is 9.59 Å². The van der Waals surface area contributed by atoms with Gasteiger partial charge in [0, 0.05) is 35.3 Å². The number of nitrogens with one attached hydrogen (secondary N) is 1. The van der Waals surface area contributed by atoms with Crippen LogP contribution in [0, 0.1) is 6.92 Å². The van der Waals surface area contributed by atoms with Gasteiger partial charge in [-0.25, -0.2) is 0 Å². The number of aryl methyl sites for hydroxylation is 1. The first-order valence-corrected chi connectivity index (χ1v) is 13.5. The van der Waals surface area contributed by atoms with Gasteiger partial charge in [0.25, 0.3) is 0 Å². The van der Waals surface area contributed by atoms with E-state index in [2.05, 4.69) is 11.4 Å². The van der Waals surface area contributed by atoms with E-state index in [1.54, 1.807) is 17.0 Å². The number of nitrogens with zero attached hydrogens (tertiary/aromatic N) is 1. The molecule has 1 unspecified atom stereocenters. The summed E-state index contributed by atoms with van der Waals surface area (Å²) >= 11 is 13.8. The highest BCUT2D eigenvalue weighted by molar-refractivity contribution is 7.99. The zero-order valence-corrected chi connectivity index (χ0v) is 22.3. The first kappa shape index (κ1) is 27.1. The molecule has 35 heavy (non-hydrogen) atoms. The predicted molar refractivity (Wildman–Crippen MR) is 147 cm³/mol. The number of halogens is 2. The van der Waals surface area contributed by atoms with E-state index < -0.39 is 6.04 Å². The summed E-state index contributed by atoms with van der Waals surface area (Å²) in [7, 11) is 0. The zero-order chi connectivity index (χ0) is 25.2. The lowest BCUT2D eigenvalue weighted by atomic mass is 10.0. The lowest BCUT2D eigenvalue weighted by Gasteiger charge is -2.31. The summed E-state index contributed by atoms with van der Waals surface area (Å²) in [5.74, 6) is 0.567. The van der Waals surface area contributed by atoms with Crippen LogP contribution in [0.4, 0.5) is 0 Å². The van der Waals surface area contributed by atoms with Crippen LogP contribution in [0.3, 0.4) is 0 Å². The fourth-order valence-electron chi connectivity index (χ4n) is 3.82. The van der Waals surface area contributed by atoms with Crippen molar-refractivity contribution in [2.45, 2.75) is 38.6 Å². The van der Waals surface area contributed by atoms with Gasteiger partial charge in [-0.1, -0.05) is 89.4 Å². The highest BCUT2D eigenvalue weighted by Gasteiger charge is 2.30. The molecule has 0 aliphatic rings. The smallest absolute Gasteiger partial charge is 0.243 e. The highest BCUT2D eigenvalue weighted by atomic mass is 35.5. The second kappa shape index (κ2) is 13.6. The van der Waals surface area contributed by atoms with E-state index in [1.165, 1.54) is 11.8 Å². The number of likely N-dealkylation sites (N-methyl/N-ethyl adjacent to an activating group) is 1. The van der Waals surface area contributed by atoms with Crippen LogP contribution >= 0.6 is 35.0 Å². The molecule has 7 heteroatoms. The maximum Gasteiger partial charge on any atom is 0.243 e. The van der Waals surface area contributed by atoms with E-state index in [4.69, 9.17) is 23.2 Å². The molecule has 0 aromatic heterocycles. The van der Waals surface area contributed by atoms with E-state index in [-0.39, 0.29) is 17.6 Å². The van der Waals surface area contributed by atoms with Crippen molar-refractivity contribution in [3.05, 3.63) is 105 Å². The third-order valence-corrected chi connectivity index (χ3v) is 7.11. The van der Waals surface area contributed by atoms with Crippen molar-refractivity contribution in [2.75, 3.05) is 12.3 Å². The predicted octanol–water partition coefficient (Wildman–Crippen LogP) is 6.31. The van der Waals surface area contributed by atoms with Gasteiger partial charge in [0.1, 0.15) is 6.04 Å². The minimum absolute atomic E-state index is 0.0891. The summed E-state index contributed by atoms with van der Waals surface area (Å²) in [5, 5.41) is 4.08. The van der Waals surface area contributed by atoms with E-state index in [1.807, 2.05) is 68.4 Å². The molecule has 0 spiro atoms. The van der Waals surface area contributed by atoms with Crippen molar-refractivity contribution < 1.29 is 9.59 Å². The number of rotatable bonds is 11. The van der Waals surface area contributed by atoms with Crippen molar-refractivity contribution in [1.82, 2.24) is 10.2 Å². The molecule has 0 aliphatic heterocycles. The monoisotopic (exact) mass is 528 g/mol. The molecule has 0 saturated heterocycles. The number of hydrogen-bond donors (Lipinski definition) is 1. The number of amides is 2. The van der Waals surface area contributed by atoms with Crippen LogP contribution in [0.25, 0.3) is 0 Å². The molecular formula is C28H30Cl2N2O2S. The Hall–Kier alpha value is -2.47. The van der Waals surface area contributed by atoms with Crippen LogP contribution in [0.15, 0.2) is 72.8 Å². The summed E-state index contributed by atoms with van der Waals surface area (Å²) < 4.78 is 0. The maximum atomic E-state index is 13.6. The molecule has 1 atom stereocenters. The van der Waals surface area contributed by atoms with Crippen molar-refractivity contribution >= 4 is 46.8 Å². The molecule has 0 saturated carbocycles. The molecule has 3 aromatic rings. The molecule has 4 nitrogen and oxygen atoms in total. The van der Waals surface area contributed by atoms with Crippen LogP contribution in [-0.4, -0.2) is 35.1 Å². The number of hydrogen-bond acceptors (Lipinski definition) is 3. The van der Waals surface area contributed by atoms with Gasteiger partial charge in [0.05, 0.1) is 5.75 Å². The van der Waals surface area contributed by atoms with Crippen molar-refractivity contribution in [1.29, 1.82) is 0 Å².